The van der Waals surface area contributed by atoms with Crippen molar-refractivity contribution >= 4 is 38.7 Å². The highest BCUT2D eigenvalue weighted by molar-refractivity contribution is 7.89. The van der Waals surface area contributed by atoms with Crippen molar-refractivity contribution in [2.75, 3.05) is 48.5 Å². The van der Waals surface area contributed by atoms with E-state index in [0.717, 1.165) is 28.3 Å². The van der Waals surface area contributed by atoms with E-state index in [0.29, 0.717) is 32.8 Å². The van der Waals surface area contributed by atoms with Crippen LogP contribution in [0.3, 0.4) is 0 Å². The molecule has 2 heterocycles. The van der Waals surface area contributed by atoms with Crippen LogP contribution in [0, 0.1) is 0 Å². The number of anilines is 4. The molecule has 1 amide bonds. The molecule has 0 radical (unpaired) electrons. The molecule has 0 bridgehead atoms. The normalized spacial score (nSPS) is 18.7. The molecule has 0 aliphatic carbocycles. The Morgan fingerprint density at radius 3 is 2.28 bits per heavy atom. The van der Waals surface area contributed by atoms with Gasteiger partial charge in [0.05, 0.1) is 29.5 Å². The van der Waals surface area contributed by atoms with Crippen molar-refractivity contribution in [3.8, 4) is 0 Å². The fourth-order valence-corrected chi connectivity index (χ4v) is 6.08. The minimum Gasteiger partial charge on any atom is -0.379 e. The van der Waals surface area contributed by atoms with Gasteiger partial charge in [-0.25, -0.2) is 8.42 Å². The van der Waals surface area contributed by atoms with Crippen LogP contribution in [0.25, 0.3) is 0 Å². The average Bonchev–Trinajstić information content (AvgIpc) is 2.91. The first-order valence-electron chi connectivity index (χ1n) is 12.0. The maximum Gasteiger partial charge on any atom is 0.249 e. The molecule has 2 aliphatic rings. The first kappa shape index (κ1) is 24.3. The molecule has 188 valence electrons. The molecule has 0 saturated carbocycles. The first-order chi connectivity index (χ1) is 17.3. The Morgan fingerprint density at radius 1 is 0.917 bits per heavy atom. The van der Waals surface area contributed by atoms with Gasteiger partial charge in [-0.1, -0.05) is 30.3 Å². The van der Waals surface area contributed by atoms with Gasteiger partial charge in [-0.3, -0.25) is 4.79 Å². The van der Waals surface area contributed by atoms with Crippen LogP contribution in [0.15, 0.2) is 77.7 Å². The van der Waals surface area contributed by atoms with Gasteiger partial charge in [0.1, 0.15) is 6.04 Å². The van der Waals surface area contributed by atoms with Gasteiger partial charge in [-0.05, 0) is 55.0 Å². The first-order valence-corrected chi connectivity index (χ1v) is 13.5. The van der Waals surface area contributed by atoms with E-state index in [2.05, 4.69) is 22.3 Å². The Balaban J connectivity index is 1.39. The molecular formula is C27H30N4O4S. The van der Waals surface area contributed by atoms with Crippen molar-refractivity contribution in [3.05, 3.63) is 78.4 Å². The van der Waals surface area contributed by atoms with Crippen LogP contribution in [0.1, 0.15) is 12.5 Å². The molecule has 1 saturated heterocycles. The lowest BCUT2D eigenvalue weighted by Crippen LogP contribution is -2.50. The number of hydrogen-bond donors (Lipinski definition) is 1. The standard InChI is InChI=1S/C27H30N4O4S/c1-20-27(32)29(2)25-13-10-23(18-26(25)31(20)19-21-6-4-3-5-7-21)28-22-8-11-24(12-9-22)36(33,34)30-14-16-35-17-15-30/h3-13,18,20,28H,14-17,19H2,1-2H3. The van der Waals surface area contributed by atoms with Crippen molar-refractivity contribution in [3.63, 3.8) is 0 Å². The maximum atomic E-state index is 12.9. The number of nitrogens with zero attached hydrogens (tertiary/aromatic N) is 3. The summed E-state index contributed by atoms with van der Waals surface area (Å²) in [6.45, 7) is 4.11. The number of nitrogens with one attached hydrogen (secondary N) is 1. The number of fused-ring (bicyclic) bond motifs is 1. The lowest BCUT2D eigenvalue weighted by molar-refractivity contribution is -0.119. The number of ether oxygens (including phenoxy) is 1. The number of carbonyl (C=O) groups is 1. The lowest BCUT2D eigenvalue weighted by atomic mass is 10.0. The molecule has 3 aromatic rings. The third kappa shape index (κ3) is 4.69. The van der Waals surface area contributed by atoms with Crippen molar-refractivity contribution in [2.24, 2.45) is 0 Å². The quantitative estimate of drug-likeness (QED) is 0.547. The topological polar surface area (TPSA) is 82.2 Å². The number of sulfonamides is 1. The van der Waals surface area contributed by atoms with Gasteiger partial charge in [0.25, 0.3) is 0 Å². The minimum atomic E-state index is -3.54. The second-order valence-electron chi connectivity index (χ2n) is 9.06. The fraction of sp³-hybridized carbons (Fsp3) is 0.296. The van der Waals surface area contributed by atoms with Crippen LogP contribution < -0.4 is 15.1 Å². The van der Waals surface area contributed by atoms with Gasteiger partial charge in [0, 0.05) is 38.1 Å². The Hall–Kier alpha value is -3.40. The second kappa shape index (κ2) is 9.93. The van der Waals surface area contributed by atoms with Crippen LogP contribution in [0.2, 0.25) is 0 Å². The van der Waals surface area contributed by atoms with Crippen LogP contribution in [-0.2, 0) is 26.1 Å². The SMILES string of the molecule is CC1C(=O)N(C)c2ccc(Nc3ccc(S(=O)(=O)N4CCOCC4)cc3)cc2N1Cc1ccccc1. The smallest absolute Gasteiger partial charge is 0.249 e. The van der Waals surface area contributed by atoms with Crippen LogP contribution in [-0.4, -0.2) is 58.0 Å². The number of morpholine rings is 1. The number of rotatable bonds is 6. The van der Waals surface area contributed by atoms with Crippen molar-refractivity contribution in [1.82, 2.24) is 4.31 Å². The molecule has 8 nitrogen and oxygen atoms in total. The predicted octanol–water partition coefficient (Wildman–Crippen LogP) is 3.82. The molecule has 5 rings (SSSR count). The van der Waals surface area contributed by atoms with Crippen LogP contribution in [0.5, 0.6) is 0 Å². The number of hydrogen-bond acceptors (Lipinski definition) is 6. The minimum absolute atomic E-state index is 0.0520. The highest BCUT2D eigenvalue weighted by Gasteiger charge is 2.33. The van der Waals surface area contributed by atoms with Crippen molar-refractivity contribution < 1.29 is 17.9 Å². The number of amides is 1. The molecule has 1 unspecified atom stereocenters. The van der Waals surface area contributed by atoms with E-state index in [1.165, 1.54) is 4.31 Å². The monoisotopic (exact) mass is 506 g/mol. The summed E-state index contributed by atoms with van der Waals surface area (Å²) in [5.74, 6) is 0.0520. The maximum absolute atomic E-state index is 12.9. The fourth-order valence-electron chi connectivity index (χ4n) is 4.67. The zero-order chi connectivity index (χ0) is 25.3. The molecule has 0 spiro atoms. The summed E-state index contributed by atoms with van der Waals surface area (Å²) in [5, 5.41) is 3.38. The highest BCUT2D eigenvalue weighted by Crippen LogP contribution is 2.39. The van der Waals surface area contributed by atoms with Gasteiger partial charge >= 0.3 is 0 Å². The molecule has 2 aliphatic heterocycles. The third-order valence-electron chi connectivity index (χ3n) is 6.75. The summed E-state index contributed by atoms with van der Waals surface area (Å²) in [4.78, 5) is 17.0. The predicted molar refractivity (Wildman–Crippen MR) is 141 cm³/mol. The number of carbonyl (C=O) groups excluding carboxylic acids is 1. The molecule has 1 atom stereocenters. The van der Waals surface area contributed by atoms with E-state index in [4.69, 9.17) is 4.74 Å². The molecule has 36 heavy (non-hydrogen) atoms. The van der Waals surface area contributed by atoms with Crippen molar-refractivity contribution in [1.29, 1.82) is 0 Å². The molecule has 1 N–H and O–H groups in total. The largest absolute Gasteiger partial charge is 0.379 e. The Labute approximate surface area is 212 Å². The summed E-state index contributed by atoms with van der Waals surface area (Å²) < 4.78 is 32.5. The summed E-state index contributed by atoms with van der Waals surface area (Å²) in [7, 11) is -1.73. The second-order valence-corrected chi connectivity index (χ2v) is 11.0. The molecule has 0 aromatic heterocycles. The Kier molecular flexibility index (Phi) is 6.70. The number of benzene rings is 3. The van der Waals surface area contributed by atoms with Gasteiger partial charge in [-0.15, -0.1) is 0 Å². The third-order valence-corrected chi connectivity index (χ3v) is 8.66. The molecule has 3 aromatic carbocycles. The molecular weight excluding hydrogens is 476 g/mol. The summed E-state index contributed by atoms with van der Waals surface area (Å²) in [5.41, 5.74) is 4.57. The van der Waals surface area contributed by atoms with Gasteiger partial charge < -0.3 is 19.9 Å². The van der Waals surface area contributed by atoms with E-state index < -0.39 is 10.0 Å². The molecule has 1 fully saturated rings. The van der Waals surface area contributed by atoms with Gasteiger partial charge in [0.2, 0.25) is 15.9 Å². The zero-order valence-corrected chi connectivity index (χ0v) is 21.2. The van der Waals surface area contributed by atoms with E-state index in [1.807, 2.05) is 43.3 Å². The van der Waals surface area contributed by atoms with Crippen molar-refractivity contribution in [2.45, 2.75) is 24.4 Å². The van der Waals surface area contributed by atoms with E-state index >= 15 is 0 Å². The van der Waals surface area contributed by atoms with E-state index in [-0.39, 0.29) is 16.8 Å². The number of likely N-dealkylation sites (N-methyl/N-ethyl adjacent to an activating group) is 1. The summed E-state index contributed by atoms with van der Waals surface area (Å²) in [6.07, 6.45) is 0. The Bertz CT molecular complexity index is 1340. The highest BCUT2D eigenvalue weighted by atomic mass is 32.2. The van der Waals surface area contributed by atoms with Crippen LogP contribution >= 0.6 is 0 Å². The van der Waals surface area contributed by atoms with E-state index in [9.17, 15) is 13.2 Å². The summed E-state index contributed by atoms with van der Waals surface area (Å²) in [6, 6.07) is 22.5. The lowest BCUT2D eigenvalue weighted by Gasteiger charge is -2.40. The molecule has 9 heteroatoms. The summed E-state index contributed by atoms with van der Waals surface area (Å²) >= 11 is 0. The van der Waals surface area contributed by atoms with Crippen LogP contribution in [0.4, 0.5) is 22.7 Å². The van der Waals surface area contributed by atoms with E-state index in [1.54, 1.807) is 36.2 Å². The zero-order valence-electron chi connectivity index (χ0n) is 20.4. The average molecular weight is 507 g/mol. The Morgan fingerprint density at radius 2 is 1.58 bits per heavy atom. The van der Waals surface area contributed by atoms with Gasteiger partial charge in [0.15, 0.2) is 0 Å². The van der Waals surface area contributed by atoms with Gasteiger partial charge in [-0.2, -0.15) is 4.31 Å².